The molecular weight excluding hydrogens is 452 g/mol. The Kier molecular flexibility index (Phi) is 8.16. The molecule has 3 aromatic rings. The van der Waals surface area contributed by atoms with Crippen LogP contribution in [0.5, 0.6) is 0 Å². The third-order valence-electron chi connectivity index (χ3n) is 4.58. The highest BCUT2D eigenvalue weighted by molar-refractivity contribution is 8.00. The number of amides is 2. The lowest BCUT2D eigenvalue weighted by molar-refractivity contribution is -0.387. The average molecular weight is 473 g/mol. The number of nitro benzene ring substituents is 1. The molecule has 0 atom stereocenters. The van der Waals surface area contributed by atoms with Crippen molar-refractivity contribution >= 4 is 46.7 Å². The van der Waals surface area contributed by atoms with Crippen LogP contribution in [-0.4, -0.2) is 22.5 Å². The molecule has 3 rings (SSSR count). The fourth-order valence-corrected chi connectivity index (χ4v) is 3.71. The first-order valence-corrected chi connectivity index (χ1v) is 11.1. The zero-order valence-corrected chi connectivity index (χ0v) is 19.0. The van der Waals surface area contributed by atoms with Gasteiger partial charge in [-0.05, 0) is 48.9 Å². The molecule has 8 nitrogen and oxygen atoms in total. The van der Waals surface area contributed by atoms with Gasteiger partial charge in [-0.1, -0.05) is 42.0 Å². The van der Waals surface area contributed by atoms with Gasteiger partial charge in [0.15, 0.2) is 0 Å². The Labute approximate surface area is 200 Å². The Hall–Kier alpha value is -4.42. The van der Waals surface area contributed by atoms with E-state index in [4.69, 9.17) is 0 Å². The number of hydrogen-bond donors (Lipinski definition) is 2. The van der Waals surface area contributed by atoms with Crippen LogP contribution >= 0.6 is 11.8 Å². The van der Waals surface area contributed by atoms with E-state index in [-0.39, 0.29) is 22.9 Å². The van der Waals surface area contributed by atoms with Crippen molar-refractivity contribution in [1.29, 1.82) is 5.26 Å². The van der Waals surface area contributed by atoms with Gasteiger partial charge in [-0.3, -0.25) is 19.7 Å². The molecule has 0 spiro atoms. The number of nitriles is 1. The minimum atomic E-state index is -0.620. The number of para-hydroxylation sites is 1. The molecular formula is C25H20N4O4S. The van der Waals surface area contributed by atoms with Crippen molar-refractivity contribution in [2.75, 3.05) is 16.4 Å². The monoisotopic (exact) mass is 472 g/mol. The summed E-state index contributed by atoms with van der Waals surface area (Å²) in [5.41, 5.74) is 2.09. The van der Waals surface area contributed by atoms with Crippen molar-refractivity contribution in [3.63, 3.8) is 0 Å². The second-order valence-electron chi connectivity index (χ2n) is 7.18. The van der Waals surface area contributed by atoms with Gasteiger partial charge in [0.05, 0.1) is 15.6 Å². The standard InChI is InChI=1S/C25H20N4O4S/c1-17-7-10-21(11-8-17)28-25(31)19(15-26)13-18-9-12-23(22(14-18)29(32)33)34-16-24(30)27-20-5-3-2-4-6-20/h2-14H,16H2,1H3,(H,27,30)(H,28,31)/b19-13+. The fourth-order valence-electron chi connectivity index (χ4n) is 2.90. The van der Waals surface area contributed by atoms with Crippen LogP contribution in [0.25, 0.3) is 6.08 Å². The molecule has 170 valence electrons. The number of rotatable bonds is 8. The van der Waals surface area contributed by atoms with Crippen molar-refractivity contribution in [3.8, 4) is 6.07 Å². The minimum Gasteiger partial charge on any atom is -0.325 e. The highest BCUT2D eigenvalue weighted by Gasteiger charge is 2.17. The van der Waals surface area contributed by atoms with E-state index in [0.717, 1.165) is 17.3 Å². The first-order valence-electron chi connectivity index (χ1n) is 10.1. The van der Waals surface area contributed by atoms with Gasteiger partial charge in [0, 0.05) is 17.4 Å². The first kappa shape index (κ1) is 24.2. The number of anilines is 2. The normalized spacial score (nSPS) is 10.8. The summed E-state index contributed by atoms with van der Waals surface area (Å²) in [4.78, 5) is 36.0. The second-order valence-corrected chi connectivity index (χ2v) is 8.19. The quantitative estimate of drug-likeness (QED) is 0.153. The first-order chi connectivity index (χ1) is 16.4. The van der Waals surface area contributed by atoms with Gasteiger partial charge in [0.1, 0.15) is 11.6 Å². The van der Waals surface area contributed by atoms with Crippen LogP contribution in [0, 0.1) is 28.4 Å². The van der Waals surface area contributed by atoms with E-state index in [1.165, 1.54) is 18.2 Å². The predicted molar refractivity (Wildman–Crippen MR) is 132 cm³/mol. The number of nitro groups is 1. The average Bonchev–Trinajstić information content (AvgIpc) is 2.83. The van der Waals surface area contributed by atoms with Crippen LogP contribution in [-0.2, 0) is 9.59 Å². The molecule has 3 aromatic carbocycles. The number of nitrogens with zero attached hydrogens (tertiary/aromatic N) is 2. The third kappa shape index (κ3) is 6.79. The summed E-state index contributed by atoms with van der Waals surface area (Å²) in [6.07, 6.45) is 1.28. The van der Waals surface area contributed by atoms with Crippen LogP contribution in [0.15, 0.2) is 83.3 Å². The minimum absolute atomic E-state index is 0.0205. The number of nitrogens with one attached hydrogen (secondary N) is 2. The van der Waals surface area contributed by atoms with Crippen LogP contribution in [0.2, 0.25) is 0 Å². The van der Waals surface area contributed by atoms with Gasteiger partial charge in [-0.25, -0.2) is 0 Å². The smallest absolute Gasteiger partial charge is 0.283 e. The van der Waals surface area contributed by atoms with Gasteiger partial charge < -0.3 is 10.6 Å². The molecule has 2 N–H and O–H groups in total. The molecule has 0 aliphatic heterocycles. The third-order valence-corrected chi connectivity index (χ3v) is 5.64. The van der Waals surface area contributed by atoms with Gasteiger partial charge in [-0.15, -0.1) is 11.8 Å². The maximum atomic E-state index is 12.5. The van der Waals surface area contributed by atoms with E-state index in [2.05, 4.69) is 10.6 Å². The number of carbonyl (C=O) groups excluding carboxylic acids is 2. The van der Waals surface area contributed by atoms with Crippen LogP contribution in [0.3, 0.4) is 0 Å². The Morgan fingerprint density at radius 1 is 1.03 bits per heavy atom. The van der Waals surface area contributed by atoms with E-state index in [1.807, 2.05) is 31.2 Å². The largest absolute Gasteiger partial charge is 0.325 e. The van der Waals surface area contributed by atoms with Crippen LogP contribution < -0.4 is 10.6 Å². The molecule has 0 aliphatic carbocycles. The zero-order valence-electron chi connectivity index (χ0n) is 18.1. The van der Waals surface area contributed by atoms with E-state index in [9.17, 15) is 25.0 Å². The molecule has 0 radical (unpaired) electrons. The van der Waals surface area contributed by atoms with Crippen molar-refractivity contribution in [1.82, 2.24) is 0 Å². The van der Waals surface area contributed by atoms with Crippen molar-refractivity contribution in [2.45, 2.75) is 11.8 Å². The maximum Gasteiger partial charge on any atom is 0.283 e. The van der Waals surface area contributed by atoms with Gasteiger partial charge in [-0.2, -0.15) is 5.26 Å². The summed E-state index contributed by atoms with van der Waals surface area (Å²) >= 11 is 1.03. The lowest BCUT2D eigenvalue weighted by Crippen LogP contribution is -2.14. The SMILES string of the molecule is Cc1ccc(NC(=O)/C(C#N)=C/c2ccc(SCC(=O)Nc3ccccc3)c([N+](=O)[O-])c2)cc1. The molecule has 0 bridgehead atoms. The maximum absolute atomic E-state index is 12.5. The number of benzene rings is 3. The Bertz CT molecular complexity index is 1280. The van der Waals surface area contributed by atoms with E-state index >= 15 is 0 Å². The summed E-state index contributed by atoms with van der Waals surface area (Å²) in [6.45, 7) is 1.91. The van der Waals surface area contributed by atoms with Crippen LogP contribution in [0.1, 0.15) is 11.1 Å². The molecule has 34 heavy (non-hydrogen) atoms. The molecule has 2 amide bonds. The number of aryl methyl sites for hydroxylation is 1. The number of hydrogen-bond acceptors (Lipinski definition) is 6. The molecule has 0 aromatic heterocycles. The number of carbonyl (C=O) groups is 2. The van der Waals surface area contributed by atoms with Gasteiger partial charge in [0.2, 0.25) is 5.91 Å². The fraction of sp³-hybridized carbons (Fsp3) is 0.0800. The second kappa shape index (κ2) is 11.4. The predicted octanol–water partition coefficient (Wildman–Crippen LogP) is 5.18. The molecule has 0 saturated carbocycles. The Morgan fingerprint density at radius 3 is 2.35 bits per heavy atom. The summed E-state index contributed by atoms with van der Waals surface area (Å²) in [7, 11) is 0. The molecule has 0 heterocycles. The van der Waals surface area contributed by atoms with Gasteiger partial charge in [0.25, 0.3) is 11.6 Å². The summed E-state index contributed by atoms with van der Waals surface area (Å²) in [5.74, 6) is -0.938. The lowest BCUT2D eigenvalue weighted by Gasteiger charge is -2.07. The number of thioether (sulfide) groups is 1. The Balaban J connectivity index is 1.73. The molecule has 0 unspecified atom stereocenters. The van der Waals surface area contributed by atoms with Gasteiger partial charge >= 0.3 is 0 Å². The summed E-state index contributed by atoms with van der Waals surface area (Å²) < 4.78 is 0. The zero-order chi connectivity index (χ0) is 24.5. The van der Waals surface area contributed by atoms with E-state index < -0.39 is 10.8 Å². The van der Waals surface area contributed by atoms with E-state index in [0.29, 0.717) is 21.8 Å². The van der Waals surface area contributed by atoms with Crippen molar-refractivity contribution < 1.29 is 14.5 Å². The van der Waals surface area contributed by atoms with E-state index in [1.54, 1.807) is 42.5 Å². The summed E-state index contributed by atoms with van der Waals surface area (Å²) in [6, 6.07) is 22.1. The topological polar surface area (TPSA) is 125 Å². The highest BCUT2D eigenvalue weighted by atomic mass is 32.2. The van der Waals surface area contributed by atoms with Crippen LogP contribution in [0.4, 0.5) is 17.1 Å². The highest BCUT2D eigenvalue weighted by Crippen LogP contribution is 2.31. The molecule has 9 heteroatoms. The van der Waals surface area contributed by atoms with Crippen molar-refractivity contribution in [3.05, 3.63) is 99.6 Å². The molecule has 0 fully saturated rings. The summed E-state index contributed by atoms with van der Waals surface area (Å²) in [5, 5.41) is 26.4. The molecule has 0 aliphatic rings. The lowest BCUT2D eigenvalue weighted by atomic mass is 10.1. The molecule has 0 saturated heterocycles. The van der Waals surface area contributed by atoms with Crippen molar-refractivity contribution in [2.24, 2.45) is 0 Å². The Morgan fingerprint density at radius 2 is 1.71 bits per heavy atom.